The van der Waals surface area contributed by atoms with Crippen LogP contribution in [0.25, 0.3) is 0 Å². The standard InChI is InChI=1S/C27H31N3O2/c1-17(2)26(27(31)30-25-11-19-6-4-5-7-20(19)12-25)14-23(28)10-18(3)29-24-9-8-21-15-32-16-22(21)13-24/h4-10,13-14,25,29H,11-12,15-16,28H2,1-3H3,(H,30,31)/b18-10+,23-14+. The van der Waals surface area contributed by atoms with Crippen molar-refractivity contribution in [1.29, 1.82) is 0 Å². The van der Waals surface area contributed by atoms with Gasteiger partial charge in [-0.3, -0.25) is 4.79 Å². The maximum atomic E-state index is 13.0. The topological polar surface area (TPSA) is 76.4 Å². The number of hydrogen-bond donors (Lipinski definition) is 3. The van der Waals surface area contributed by atoms with Crippen molar-refractivity contribution in [3.8, 4) is 0 Å². The first kappa shape index (κ1) is 21.9. The second kappa shape index (κ2) is 9.45. The van der Waals surface area contributed by atoms with Crippen molar-refractivity contribution >= 4 is 11.6 Å². The summed E-state index contributed by atoms with van der Waals surface area (Å²) in [5.41, 5.74) is 15.3. The van der Waals surface area contributed by atoms with Crippen LogP contribution < -0.4 is 16.4 Å². The van der Waals surface area contributed by atoms with E-state index in [-0.39, 0.29) is 11.9 Å². The van der Waals surface area contributed by atoms with Crippen LogP contribution in [0.5, 0.6) is 0 Å². The third-order valence-corrected chi connectivity index (χ3v) is 5.93. The van der Waals surface area contributed by atoms with Crippen molar-refractivity contribution in [2.75, 3.05) is 5.32 Å². The Hall–Kier alpha value is -3.31. The highest BCUT2D eigenvalue weighted by molar-refractivity contribution is 5.97. The number of rotatable bonds is 6. The molecule has 5 nitrogen and oxygen atoms in total. The SMILES string of the molecule is CC(C)=C(/C=C(N)\C=C(/C)Nc1ccc2c(c1)COC2)C(=O)NC1Cc2ccccc2C1. The molecule has 0 unspecified atom stereocenters. The largest absolute Gasteiger partial charge is 0.399 e. The van der Waals surface area contributed by atoms with E-state index in [1.807, 2.05) is 45.0 Å². The van der Waals surface area contributed by atoms with Crippen molar-refractivity contribution in [2.45, 2.75) is 52.9 Å². The van der Waals surface area contributed by atoms with E-state index in [1.54, 1.807) is 6.08 Å². The quantitative estimate of drug-likeness (QED) is 0.467. The lowest BCUT2D eigenvalue weighted by Gasteiger charge is -2.14. The van der Waals surface area contributed by atoms with Gasteiger partial charge in [-0.2, -0.15) is 0 Å². The van der Waals surface area contributed by atoms with Crippen LogP contribution in [0, 0.1) is 0 Å². The molecule has 4 rings (SSSR count). The van der Waals surface area contributed by atoms with Crippen molar-refractivity contribution in [1.82, 2.24) is 5.32 Å². The van der Waals surface area contributed by atoms with E-state index in [9.17, 15) is 4.79 Å². The Bertz CT molecular complexity index is 1100. The summed E-state index contributed by atoms with van der Waals surface area (Å²) >= 11 is 0. The maximum absolute atomic E-state index is 13.0. The highest BCUT2D eigenvalue weighted by Crippen LogP contribution is 2.24. The minimum atomic E-state index is -0.0802. The molecule has 5 heteroatoms. The molecule has 1 amide bonds. The zero-order chi connectivity index (χ0) is 22.7. The van der Waals surface area contributed by atoms with Gasteiger partial charge in [-0.05, 0) is 80.2 Å². The Morgan fingerprint density at radius 2 is 1.66 bits per heavy atom. The molecule has 1 heterocycles. The molecule has 0 fully saturated rings. The molecule has 0 atom stereocenters. The van der Waals surface area contributed by atoms with E-state index in [1.165, 1.54) is 22.3 Å². The summed E-state index contributed by atoms with van der Waals surface area (Å²) in [5.74, 6) is -0.0802. The molecule has 1 aliphatic heterocycles. The number of hydrogen-bond acceptors (Lipinski definition) is 4. The number of ether oxygens (including phenoxy) is 1. The number of carbonyl (C=O) groups is 1. The monoisotopic (exact) mass is 429 g/mol. The van der Waals surface area contributed by atoms with E-state index in [0.717, 1.165) is 29.8 Å². The normalized spacial score (nSPS) is 15.8. The molecule has 2 aliphatic rings. The van der Waals surface area contributed by atoms with Gasteiger partial charge in [-0.25, -0.2) is 0 Å². The van der Waals surface area contributed by atoms with Crippen LogP contribution in [-0.4, -0.2) is 11.9 Å². The fraction of sp³-hybridized carbons (Fsp3) is 0.296. The molecule has 0 bridgehead atoms. The molecular formula is C27H31N3O2. The Morgan fingerprint density at radius 1 is 0.969 bits per heavy atom. The van der Waals surface area contributed by atoms with Gasteiger partial charge >= 0.3 is 0 Å². The van der Waals surface area contributed by atoms with Gasteiger partial charge in [0.2, 0.25) is 0 Å². The lowest BCUT2D eigenvalue weighted by molar-refractivity contribution is -0.117. The average Bonchev–Trinajstić information content (AvgIpc) is 3.37. The van der Waals surface area contributed by atoms with Crippen LogP contribution in [0.15, 0.2) is 77.2 Å². The van der Waals surface area contributed by atoms with E-state index in [4.69, 9.17) is 10.5 Å². The number of fused-ring (bicyclic) bond motifs is 2. The van der Waals surface area contributed by atoms with Gasteiger partial charge in [0.05, 0.1) is 13.2 Å². The molecule has 0 spiro atoms. The van der Waals surface area contributed by atoms with Crippen LogP contribution in [0.3, 0.4) is 0 Å². The summed E-state index contributed by atoms with van der Waals surface area (Å²) in [6.07, 6.45) is 5.34. The predicted molar refractivity (Wildman–Crippen MR) is 129 cm³/mol. The summed E-state index contributed by atoms with van der Waals surface area (Å²) < 4.78 is 5.48. The summed E-state index contributed by atoms with van der Waals surface area (Å²) in [6, 6.07) is 14.7. The summed E-state index contributed by atoms with van der Waals surface area (Å²) in [4.78, 5) is 13.0. The molecule has 2 aromatic carbocycles. The lowest BCUT2D eigenvalue weighted by Crippen LogP contribution is -2.36. The fourth-order valence-electron chi connectivity index (χ4n) is 4.33. The minimum Gasteiger partial charge on any atom is -0.399 e. The van der Waals surface area contributed by atoms with E-state index in [2.05, 4.69) is 34.9 Å². The Labute approximate surface area is 190 Å². The van der Waals surface area contributed by atoms with Crippen LogP contribution in [-0.2, 0) is 35.6 Å². The second-order valence-corrected chi connectivity index (χ2v) is 8.83. The number of benzene rings is 2. The first-order valence-corrected chi connectivity index (χ1v) is 11.1. The Balaban J connectivity index is 1.41. The van der Waals surface area contributed by atoms with Crippen LogP contribution in [0.4, 0.5) is 5.69 Å². The van der Waals surface area contributed by atoms with Gasteiger partial charge in [0.25, 0.3) is 5.91 Å². The number of nitrogens with one attached hydrogen (secondary N) is 2. The zero-order valence-corrected chi connectivity index (χ0v) is 19.0. The minimum absolute atomic E-state index is 0.0802. The molecule has 32 heavy (non-hydrogen) atoms. The number of amides is 1. The highest BCUT2D eigenvalue weighted by atomic mass is 16.5. The third-order valence-electron chi connectivity index (χ3n) is 5.93. The Morgan fingerprint density at radius 3 is 2.34 bits per heavy atom. The molecule has 0 aromatic heterocycles. The van der Waals surface area contributed by atoms with Crippen molar-refractivity contribution < 1.29 is 9.53 Å². The maximum Gasteiger partial charge on any atom is 0.251 e. The second-order valence-electron chi connectivity index (χ2n) is 8.83. The molecule has 166 valence electrons. The lowest BCUT2D eigenvalue weighted by atomic mass is 10.1. The van der Waals surface area contributed by atoms with E-state index in [0.29, 0.717) is 24.5 Å². The van der Waals surface area contributed by atoms with Gasteiger partial charge in [0.1, 0.15) is 0 Å². The summed E-state index contributed by atoms with van der Waals surface area (Å²) in [6.45, 7) is 7.16. The molecule has 0 radical (unpaired) electrons. The zero-order valence-electron chi connectivity index (χ0n) is 19.0. The Kier molecular flexibility index (Phi) is 6.47. The number of anilines is 1. The van der Waals surface area contributed by atoms with E-state index >= 15 is 0 Å². The molecule has 1 aliphatic carbocycles. The molecular weight excluding hydrogens is 398 g/mol. The van der Waals surface area contributed by atoms with Gasteiger partial charge < -0.3 is 21.1 Å². The summed E-state index contributed by atoms with van der Waals surface area (Å²) in [5, 5.41) is 6.56. The van der Waals surface area contributed by atoms with Gasteiger partial charge in [0.15, 0.2) is 0 Å². The molecule has 0 saturated heterocycles. The first-order chi connectivity index (χ1) is 15.4. The van der Waals surface area contributed by atoms with Crippen LogP contribution in [0.2, 0.25) is 0 Å². The van der Waals surface area contributed by atoms with Gasteiger partial charge in [-0.15, -0.1) is 0 Å². The van der Waals surface area contributed by atoms with Gasteiger partial charge in [-0.1, -0.05) is 35.9 Å². The predicted octanol–water partition coefficient (Wildman–Crippen LogP) is 4.50. The summed E-state index contributed by atoms with van der Waals surface area (Å²) in [7, 11) is 0. The number of carbonyl (C=O) groups excluding carboxylic acids is 1. The fourth-order valence-corrected chi connectivity index (χ4v) is 4.33. The smallest absolute Gasteiger partial charge is 0.251 e. The number of nitrogens with two attached hydrogens (primary N) is 1. The van der Waals surface area contributed by atoms with E-state index < -0.39 is 0 Å². The average molecular weight is 430 g/mol. The third kappa shape index (κ3) is 5.11. The highest BCUT2D eigenvalue weighted by Gasteiger charge is 2.23. The van der Waals surface area contributed by atoms with Crippen molar-refractivity contribution in [3.63, 3.8) is 0 Å². The van der Waals surface area contributed by atoms with Gasteiger partial charge in [0, 0.05) is 28.7 Å². The van der Waals surface area contributed by atoms with Crippen molar-refractivity contribution in [2.24, 2.45) is 5.73 Å². The first-order valence-electron chi connectivity index (χ1n) is 11.1. The molecule has 4 N–H and O–H groups in total. The number of allylic oxidation sites excluding steroid dienone is 3. The van der Waals surface area contributed by atoms with Crippen LogP contribution in [0.1, 0.15) is 43.0 Å². The molecule has 2 aromatic rings. The molecule has 0 saturated carbocycles. The van der Waals surface area contributed by atoms with Crippen LogP contribution >= 0.6 is 0 Å². The van der Waals surface area contributed by atoms with Crippen molar-refractivity contribution in [3.05, 3.63) is 99.4 Å².